The van der Waals surface area contributed by atoms with E-state index < -0.39 is 11.9 Å². The number of hydrogen-bond donors (Lipinski definition) is 2. The molecule has 0 saturated carbocycles. The van der Waals surface area contributed by atoms with Gasteiger partial charge in [0.05, 0.1) is 5.31 Å². The number of aliphatic carboxylic acids is 2. The molecule has 0 fully saturated rings. The van der Waals surface area contributed by atoms with E-state index in [2.05, 4.69) is 0 Å². The molecule has 2 N–H and O–H groups in total. The minimum absolute atomic E-state index is 0.262. The number of carboxylic acid groups (broad SMARTS) is 2. The molecule has 0 spiro atoms. The predicted octanol–water partition coefficient (Wildman–Crippen LogP) is -0.0854. The van der Waals surface area contributed by atoms with Crippen LogP contribution in [-0.4, -0.2) is 22.2 Å². The van der Waals surface area contributed by atoms with Gasteiger partial charge in [-0.25, -0.2) is 9.59 Å². The Labute approximate surface area is 53.4 Å². The summed E-state index contributed by atoms with van der Waals surface area (Å²) in [7, 11) is 1.80. The Kier molecular flexibility index (Phi) is 2.88. The maximum atomic E-state index is 9.88. The molecular formula is C4H5O4P. The van der Waals surface area contributed by atoms with E-state index in [1.54, 1.807) is 9.24 Å². The highest BCUT2D eigenvalue weighted by Crippen LogP contribution is 2.03. The third-order valence-corrected chi connectivity index (χ3v) is 0.940. The van der Waals surface area contributed by atoms with Crippen LogP contribution < -0.4 is 0 Å². The lowest BCUT2D eigenvalue weighted by Gasteiger charge is -1.86. The molecule has 0 aliphatic carbocycles. The van der Waals surface area contributed by atoms with Crippen molar-refractivity contribution in [2.45, 2.75) is 0 Å². The average molecular weight is 148 g/mol. The number of carboxylic acids is 2. The highest BCUT2D eigenvalue weighted by Gasteiger charge is 2.00. The van der Waals surface area contributed by atoms with Crippen molar-refractivity contribution in [3.8, 4) is 0 Å². The van der Waals surface area contributed by atoms with Crippen molar-refractivity contribution in [2.24, 2.45) is 0 Å². The van der Waals surface area contributed by atoms with Gasteiger partial charge in [0.2, 0.25) is 0 Å². The quantitative estimate of drug-likeness (QED) is 0.424. The fraction of sp³-hybridized carbons (Fsp3) is 0. The molecule has 1 unspecified atom stereocenters. The van der Waals surface area contributed by atoms with E-state index in [1.807, 2.05) is 0 Å². The van der Waals surface area contributed by atoms with Gasteiger partial charge in [0.1, 0.15) is 0 Å². The number of carbonyl (C=O) groups is 2. The van der Waals surface area contributed by atoms with Crippen molar-refractivity contribution in [3.63, 3.8) is 0 Å². The van der Waals surface area contributed by atoms with Crippen LogP contribution in [0.2, 0.25) is 0 Å². The molecule has 9 heavy (non-hydrogen) atoms. The van der Waals surface area contributed by atoms with Crippen molar-refractivity contribution in [1.29, 1.82) is 0 Å². The molecule has 0 aliphatic heterocycles. The van der Waals surface area contributed by atoms with E-state index in [-0.39, 0.29) is 5.31 Å². The summed E-state index contributed by atoms with van der Waals surface area (Å²) >= 11 is 0. The largest absolute Gasteiger partial charge is 0.478 e. The first-order chi connectivity index (χ1) is 4.04. The summed E-state index contributed by atoms with van der Waals surface area (Å²) in [5.41, 5.74) is 0. The normalized spacial score (nSPS) is 11.0. The summed E-state index contributed by atoms with van der Waals surface area (Å²) in [5, 5.41) is 15.8. The molecule has 0 saturated heterocycles. The first kappa shape index (κ1) is 8.11. The smallest absolute Gasteiger partial charge is 0.335 e. The van der Waals surface area contributed by atoms with Gasteiger partial charge in [-0.2, -0.15) is 0 Å². The average Bonchev–Trinajstić information content (AvgIpc) is 1.63. The molecule has 0 aromatic carbocycles. The summed E-state index contributed by atoms with van der Waals surface area (Å²) in [5.74, 6) is -2.51. The van der Waals surface area contributed by atoms with Gasteiger partial charge in [-0.3, -0.25) is 0 Å². The van der Waals surface area contributed by atoms with E-state index in [9.17, 15) is 9.59 Å². The number of hydrogen-bond acceptors (Lipinski definition) is 2. The van der Waals surface area contributed by atoms with Gasteiger partial charge in [0.25, 0.3) is 0 Å². The SMILES string of the molecule is O=C(O)/C=C(\P)C(=O)O. The van der Waals surface area contributed by atoms with Gasteiger partial charge in [-0.15, -0.1) is 0 Å². The summed E-state index contributed by atoms with van der Waals surface area (Å²) in [6, 6.07) is 0. The topological polar surface area (TPSA) is 74.6 Å². The molecule has 5 heteroatoms. The Morgan fingerprint density at radius 1 is 1.33 bits per heavy atom. The van der Waals surface area contributed by atoms with Crippen LogP contribution in [0.4, 0.5) is 0 Å². The van der Waals surface area contributed by atoms with Crippen LogP contribution in [0.3, 0.4) is 0 Å². The highest BCUT2D eigenvalue weighted by molar-refractivity contribution is 7.25. The molecule has 1 atom stereocenters. The standard InChI is InChI=1S/C4H5O4P/c5-3(6)1-2(9)4(7)8/h1H,9H2,(H,5,6)(H,7,8)/b2-1-. The van der Waals surface area contributed by atoms with E-state index in [0.717, 1.165) is 0 Å². The van der Waals surface area contributed by atoms with E-state index in [1.165, 1.54) is 0 Å². The molecule has 0 amide bonds. The molecule has 0 aromatic heterocycles. The third-order valence-electron chi connectivity index (χ3n) is 0.526. The van der Waals surface area contributed by atoms with Gasteiger partial charge < -0.3 is 10.2 Å². The van der Waals surface area contributed by atoms with E-state index in [4.69, 9.17) is 10.2 Å². The molecule has 50 valence electrons. The molecule has 0 aromatic rings. The van der Waals surface area contributed by atoms with Gasteiger partial charge in [0, 0.05) is 6.08 Å². The highest BCUT2D eigenvalue weighted by atomic mass is 31.0. The van der Waals surface area contributed by atoms with Crippen LogP contribution in [0.1, 0.15) is 0 Å². The molecule has 0 radical (unpaired) electrons. The van der Waals surface area contributed by atoms with Gasteiger partial charge in [-0.1, -0.05) is 9.24 Å². The van der Waals surface area contributed by atoms with Crippen molar-refractivity contribution >= 4 is 21.2 Å². The lowest BCUT2D eigenvalue weighted by molar-refractivity contribution is -0.134. The lowest BCUT2D eigenvalue weighted by atomic mass is 10.5. The van der Waals surface area contributed by atoms with Crippen LogP contribution in [0.15, 0.2) is 11.4 Å². The Hall–Kier alpha value is -0.890. The monoisotopic (exact) mass is 148 g/mol. The molecule has 0 rings (SSSR count). The summed E-state index contributed by atoms with van der Waals surface area (Å²) in [4.78, 5) is 19.6. The van der Waals surface area contributed by atoms with Crippen LogP contribution in [-0.2, 0) is 9.59 Å². The van der Waals surface area contributed by atoms with Crippen LogP contribution >= 0.6 is 9.24 Å². The van der Waals surface area contributed by atoms with Crippen LogP contribution in [0, 0.1) is 0 Å². The number of rotatable bonds is 2. The summed E-state index contributed by atoms with van der Waals surface area (Å²) in [6.45, 7) is 0. The molecule has 0 aliphatic rings. The van der Waals surface area contributed by atoms with Crippen LogP contribution in [0.25, 0.3) is 0 Å². The lowest BCUT2D eigenvalue weighted by Crippen LogP contribution is -1.97. The Balaban J connectivity index is 4.17. The second kappa shape index (κ2) is 3.20. The van der Waals surface area contributed by atoms with Crippen molar-refractivity contribution in [3.05, 3.63) is 11.4 Å². The van der Waals surface area contributed by atoms with Gasteiger partial charge in [-0.05, 0) is 0 Å². The fourth-order valence-electron chi connectivity index (χ4n) is 0.195. The Morgan fingerprint density at radius 3 is 1.89 bits per heavy atom. The molecule has 4 nitrogen and oxygen atoms in total. The zero-order valence-corrected chi connectivity index (χ0v) is 5.52. The van der Waals surface area contributed by atoms with Gasteiger partial charge in [0.15, 0.2) is 0 Å². The minimum Gasteiger partial charge on any atom is -0.478 e. The van der Waals surface area contributed by atoms with Crippen LogP contribution in [0.5, 0.6) is 0 Å². The first-order valence-electron chi connectivity index (χ1n) is 1.97. The van der Waals surface area contributed by atoms with Crippen molar-refractivity contribution in [2.75, 3.05) is 0 Å². The summed E-state index contributed by atoms with van der Waals surface area (Å²) < 4.78 is 0. The van der Waals surface area contributed by atoms with E-state index >= 15 is 0 Å². The maximum Gasteiger partial charge on any atom is 0.335 e. The van der Waals surface area contributed by atoms with E-state index in [0.29, 0.717) is 6.08 Å². The van der Waals surface area contributed by atoms with Crippen molar-refractivity contribution < 1.29 is 19.8 Å². The maximum absolute atomic E-state index is 9.88. The molecule has 0 bridgehead atoms. The second-order valence-corrected chi connectivity index (χ2v) is 1.87. The van der Waals surface area contributed by atoms with Gasteiger partial charge >= 0.3 is 11.9 Å². The Bertz CT molecular complexity index is 171. The zero-order chi connectivity index (χ0) is 7.44. The molecule has 0 heterocycles. The zero-order valence-electron chi connectivity index (χ0n) is 4.37. The fourth-order valence-corrected chi connectivity index (χ4v) is 0.337. The Morgan fingerprint density at radius 2 is 1.78 bits per heavy atom. The third kappa shape index (κ3) is 3.67. The minimum atomic E-state index is -1.26. The predicted molar refractivity (Wildman–Crippen MR) is 33.1 cm³/mol. The second-order valence-electron chi connectivity index (χ2n) is 1.24. The first-order valence-corrected chi connectivity index (χ1v) is 2.55. The van der Waals surface area contributed by atoms with Crippen molar-refractivity contribution in [1.82, 2.24) is 0 Å². The molecular weight excluding hydrogens is 143 g/mol. The summed E-state index contributed by atoms with van der Waals surface area (Å²) in [6.07, 6.45) is 0.604.